The normalized spacial score (nSPS) is 10.2. The highest BCUT2D eigenvalue weighted by atomic mass is 32.1. The molecule has 2 rings (SSSR count). The van der Waals surface area contributed by atoms with E-state index < -0.39 is 23.2 Å². The van der Waals surface area contributed by atoms with Crippen molar-refractivity contribution in [1.82, 2.24) is 0 Å². The van der Waals surface area contributed by atoms with Crippen LogP contribution in [0.15, 0.2) is 41.3 Å². The van der Waals surface area contributed by atoms with Gasteiger partial charge in [-0.3, -0.25) is 4.79 Å². The standard InChI is InChI=1S/C13H11NO4S/c15-9-5-7(6-10(16)12(9)17)13(18)14-8-3-1-2-4-11(8)19/h1-6,15-17,19H,(H,14,18). The van der Waals surface area contributed by atoms with E-state index in [-0.39, 0.29) is 5.56 Å². The van der Waals surface area contributed by atoms with Crippen molar-refractivity contribution in [2.24, 2.45) is 0 Å². The van der Waals surface area contributed by atoms with Gasteiger partial charge in [0, 0.05) is 10.5 Å². The third kappa shape index (κ3) is 2.74. The number of nitrogens with one attached hydrogen (secondary N) is 1. The summed E-state index contributed by atoms with van der Waals surface area (Å²) in [5.41, 5.74) is 0.521. The predicted octanol–water partition coefficient (Wildman–Crippen LogP) is 2.34. The smallest absolute Gasteiger partial charge is 0.255 e. The van der Waals surface area contributed by atoms with Gasteiger partial charge in [0.15, 0.2) is 17.2 Å². The van der Waals surface area contributed by atoms with Gasteiger partial charge in [-0.2, -0.15) is 0 Å². The van der Waals surface area contributed by atoms with Gasteiger partial charge in [0.2, 0.25) is 0 Å². The number of carbonyl (C=O) groups excluding carboxylic acids is 1. The van der Waals surface area contributed by atoms with E-state index in [9.17, 15) is 20.1 Å². The predicted molar refractivity (Wildman–Crippen MR) is 73.1 cm³/mol. The highest BCUT2D eigenvalue weighted by molar-refractivity contribution is 7.80. The molecule has 0 saturated heterocycles. The van der Waals surface area contributed by atoms with Crippen LogP contribution in [0.4, 0.5) is 5.69 Å². The summed E-state index contributed by atoms with van der Waals surface area (Å²) in [4.78, 5) is 12.5. The molecule has 0 aromatic heterocycles. The Hall–Kier alpha value is -2.34. The Balaban J connectivity index is 2.28. The van der Waals surface area contributed by atoms with Crippen molar-refractivity contribution in [2.75, 3.05) is 5.32 Å². The summed E-state index contributed by atoms with van der Waals surface area (Å²) in [6.07, 6.45) is 0. The summed E-state index contributed by atoms with van der Waals surface area (Å²) >= 11 is 4.19. The summed E-state index contributed by atoms with van der Waals surface area (Å²) in [6, 6.07) is 9.01. The first-order valence-electron chi connectivity index (χ1n) is 5.33. The van der Waals surface area contributed by atoms with Crippen LogP contribution in [0, 0.1) is 0 Å². The quantitative estimate of drug-likeness (QED) is 0.430. The van der Waals surface area contributed by atoms with E-state index in [1.807, 2.05) is 0 Å². The molecule has 2 aromatic rings. The lowest BCUT2D eigenvalue weighted by Crippen LogP contribution is -2.12. The molecule has 2 aromatic carbocycles. The van der Waals surface area contributed by atoms with E-state index in [2.05, 4.69) is 17.9 Å². The van der Waals surface area contributed by atoms with E-state index >= 15 is 0 Å². The summed E-state index contributed by atoms with van der Waals surface area (Å²) in [7, 11) is 0. The van der Waals surface area contributed by atoms with E-state index in [0.29, 0.717) is 10.6 Å². The molecule has 0 saturated carbocycles. The van der Waals surface area contributed by atoms with Crippen LogP contribution in [-0.4, -0.2) is 21.2 Å². The van der Waals surface area contributed by atoms with Gasteiger partial charge in [0.1, 0.15) is 0 Å². The molecule has 0 aliphatic heterocycles. The summed E-state index contributed by atoms with van der Waals surface area (Å²) in [5, 5.41) is 30.5. The lowest BCUT2D eigenvalue weighted by Gasteiger charge is -2.09. The maximum Gasteiger partial charge on any atom is 0.255 e. The minimum absolute atomic E-state index is 0.0180. The molecule has 98 valence electrons. The number of phenolic OH excluding ortho intramolecular Hbond substituents is 3. The van der Waals surface area contributed by atoms with E-state index in [1.54, 1.807) is 24.3 Å². The fraction of sp³-hybridized carbons (Fsp3) is 0. The fourth-order valence-corrected chi connectivity index (χ4v) is 1.73. The number of thiol groups is 1. The van der Waals surface area contributed by atoms with Crippen LogP contribution in [0.2, 0.25) is 0 Å². The number of anilines is 1. The van der Waals surface area contributed by atoms with Gasteiger partial charge in [-0.25, -0.2) is 0 Å². The second kappa shape index (κ2) is 5.11. The topological polar surface area (TPSA) is 89.8 Å². The Morgan fingerprint density at radius 1 is 1.05 bits per heavy atom. The van der Waals surface area contributed by atoms with Crippen molar-refractivity contribution in [3.05, 3.63) is 42.0 Å². The van der Waals surface area contributed by atoms with Crippen molar-refractivity contribution >= 4 is 24.2 Å². The third-order valence-electron chi connectivity index (χ3n) is 2.48. The molecular weight excluding hydrogens is 266 g/mol. The lowest BCUT2D eigenvalue weighted by atomic mass is 10.1. The summed E-state index contributed by atoms with van der Waals surface area (Å²) in [5.74, 6) is -2.33. The second-order valence-electron chi connectivity index (χ2n) is 3.83. The number of phenols is 3. The molecule has 0 fully saturated rings. The number of carbonyl (C=O) groups is 1. The minimum Gasteiger partial charge on any atom is -0.504 e. The average Bonchev–Trinajstić information content (AvgIpc) is 2.38. The molecule has 0 atom stereocenters. The van der Waals surface area contributed by atoms with Crippen molar-refractivity contribution < 1.29 is 20.1 Å². The van der Waals surface area contributed by atoms with Crippen molar-refractivity contribution in [3.8, 4) is 17.2 Å². The van der Waals surface area contributed by atoms with Gasteiger partial charge in [-0.15, -0.1) is 12.6 Å². The Bertz CT molecular complexity index is 619. The molecule has 6 heteroatoms. The van der Waals surface area contributed by atoms with Crippen LogP contribution in [0.1, 0.15) is 10.4 Å². The number of aromatic hydroxyl groups is 3. The van der Waals surface area contributed by atoms with Crippen molar-refractivity contribution in [1.29, 1.82) is 0 Å². The second-order valence-corrected chi connectivity index (χ2v) is 4.32. The molecule has 0 bridgehead atoms. The Labute approximate surface area is 114 Å². The van der Waals surface area contributed by atoms with E-state index in [0.717, 1.165) is 12.1 Å². The average molecular weight is 277 g/mol. The van der Waals surface area contributed by atoms with Crippen molar-refractivity contribution in [3.63, 3.8) is 0 Å². The zero-order valence-electron chi connectivity index (χ0n) is 9.66. The van der Waals surface area contributed by atoms with E-state index in [4.69, 9.17) is 0 Å². The zero-order valence-corrected chi connectivity index (χ0v) is 10.6. The van der Waals surface area contributed by atoms with E-state index in [1.165, 1.54) is 0 Å². The Morgan fingerprint density at radius 3 is 2.21 bits per heavy atom. The maximum absolute atomic E-state index is 11.9. The summed E-state index contributed by atoms with van der Waals surface area (Å²) in [6.45, 7) is 0. The van der Waals surface area contributed by atoms with Crippen LogP contribution in [0.3, 0.4) is 0 Å². The van der Waals surface area contributed by atoms with Gasteiger partial charge in [0.05, 0.1) is 5.69 Å². The zero-order chi connectivity index (χ0) is 14.0. The van der Waals surface area contributed by atoms with Gasteiger partial charge in [-0.1, -0.05) is 12.1 Å². The molecule has 0 aliphatic carbocycles. The minimum atomic E-state index is -0.661. The van der Waals surface area contributed by atoms with Gasteiger partial charge in [-0.05, 0) is 24.3 Å². The monoisotopic (exact) mass is 277 g/mol. The molecule has 4 N–H and O–H groups in total. The molecule has 19 heavy (non-hydrogen) atoms. The van der Waals surface area contributed by atoms with Crippen LogP contribution < -0.4 is 5.32 Å². The first kappa shape index (κ1) is 13.1. The van der Waals surface area contributed by atoms with Crippen LogP contribution in [0.25, 0.3) is 0 Å². The molecule has 0 heterocycles. The van der Waals surface area contributed by atoms with Crippen LogP contribution in [0.5, 0.6) is 17.2 Å². The molecule has 1 amide bonds. The maximum atomic E-state index is 11.9. The SMILES string of the molecule is O=C(Nc1ccccc1S)c1cc(O)c(O)c(O)c1. The largest absolute Gasteiger partial charge is 0.504 e. The highest BCUT2D eigenvalue weighted by Gasteiger charge is 2.14. The number of para-hydroxylation sites is 1. The molecular formula is C13H11NO4S. The Kier molecular flexibility index (Phi) is 3.52. The molecule has 0 unspecified atom stereocenters. The Morgan fingerprint density at radius 2 is 1.63 bits per heavy atom. The molecule has 5 nitrogen and oxygen atoms in total. The van der Waals surface area contributed by atoms with Crippen LogP contribution >= 0.6 is 12.6 Å². The first-order chi connectivity index (χ1) is 8.99. The van der Waals surface area contributed by atoms with Crippen molar-refractivity contribution in [2.45, 2.75) is 4.90 Å². The molecule has 0 spiro atoms. The number of rotatable bonds is 2. The van der Waals surface area contributed by atoms with Gasteiger partial charge < -0.3 is 20.6 Å². The molecule has 0 aliphatic rings. The first-order valence-corrected chi connectivity index (χ1v) is 5.78. The number of hydrogen-bond acceptors (Lipinski definition) is 5. The fourth-order valence-electron chi connectivity index (χ4n) is 1.51. The summed E-state index contributed by atoms with van der Waals surface area (Å²) < 4.78 is 0. The highest BCUT2D eigenvalue weighted by Crippen LogP contribution is 2.35. The van der Waals surface area contributed by atoms with Gasteiger partial charge in [0.25, 0.3) is 5.91 Å². The molecule has 0 radical (unpaired) electrons. The number of benzene rings is 2. The van der Waals surface area contributed by atoms with Crippen LogP contribution in [-0.2, 0) is 0 Å². The number of amides is 1. The third-order valence-corrected chi connectivity index (χ3v) is 2.87. The number of hydrogen-bond donors (Lipinski definition) is 5. The van der Waals surface area contributed by atoms with Gasteiger partial charge >= 0.3 is 0 Å². The lowest BCUT2D eigenvalue weighted by molar-refractivity contribution is 0.102.